The van der Waals surface area contributed by atoms with Gasteiger partial charge in [0.2, 0.25) is 0 Å². The lowest BCUT2D eigenvalue weighted by atomic mass is 10.1. The molecule has 0 atom stereocenters. The van der Waals surface area contributed by atoms with Gasteiger partial charge in [-0.25, -0.2) is 4.79 Å². The number of nitrogens with two attached hydrogens (primary N) is 1. The molecule has 0 unspecified atom stereocenters. The highest BCUT2D eigenvalue weighted by Gasteiger charge is 2.29. The van der Waals surface area contributed by atoms with Crippen LogP contribution in [0.25, 0.3) is 0 Å². The van der Waals surface area contributed by atoms with Crippen molar-refractivity contribution in [2.24, 2.45) is 10.7 Å². The third kappa shape index (κ3) is 3.84. The third-order valence-electron chi connectivity index (χ3n) is 2.28. The lowest BCUT2D eigenvalue weighted by molar-refractivity contribution is -0.137. The Hall–Kier alpha value is -2.31. The van der Waals surface area contributed by atoms with Gasteiger partial charge in [0.25, 0.3) is 0 Å². The van der Waals surface area contributed by atoms with E-state index in [1.807, 2.05) is 0 Å². The lowest BCUT2D eigenvalue weighted by Gasteiger charge is -2.06. The van der Waals surface area contributed by atoms with Crippen molar-refractivity contribution in [2.45, 2.75) is 13.1 Å². The molecule has 0 fully saturated rings. The van der Waals surface area contributed by atoms with E-state index in [1.54, 1.807) is 0 Å². The van der Waals surface area contributed by atoms with Crippen molar-refractivity contribution >= 4 is 17.4 Å². The van der Waals surface area contributed by atoms with Gasteiger partial charge < -0.3 is 10.8 Å². The monoisotopic (exact) mass is 272 g/mol. The molecule has 0 bridgehead atoms. The van der Waals surface area contributed by atoms with Crippen LogP contribution < -0.4 is 5.73 Å². The number of hydrogen-bond donors (Lipinski definition) is 2. The lowest BCUT2D eigenvalue weighted by Crippen LogP contribution is -2.11. The number of hydrogen-bond acceptors (Lipinski definition) is 3. The first-order valence-corrected chi connectivity index (χ1v) is 5.14. The molecule has 1 aromatic rings. The summed E-state index contributed by atoms with van der Waals surface area (Å²) in [5.74, 6) is -1.25. The zero-order valence-electron chi connectivity index (χ0n) is 9.90. The topological polar surface area (TPSA) is 75.7 Å². The van der Waals surface area contributed by atoms with E-state index in [0.29, 0.717) is 0 Å². The van der Waals surface area contributed by atoms with Gasteiger partial charge in [0.05, 0.1) is 22.5 Å². The number of rotatable bonds is 3. The standard InChI is InChI=1S/C12H11F3N2O2/c1-7(10(6-16)11(18)19)17-9-4-2-8(3-5-9)12(13,14)15/h2-6H,16H2,1H3,(H,18,19). The highest BCUT2D eigenvalue weighted by Crippen LogP contribution is 2.30. The minimum Gasteiger partial charge on any atom is -0.478 e. The zero-order valence-corrected chi connectivity index (χ0v) is 9.90. The Labute approximate surface area is 107 Å². The van der Waals surface area contributed by atoms with E-state index in [1.165, 1.54) is 6.92 Å². The number of halogens is 3. The number of aliphatic carboxylic acids is 1. The fourth-order valence-electron chi connectivity index (χ4n) is 1.33. The molecule has 0 heterocycles. The van der Waals surface area contributed by atoms with Crippen molar-refractivity contribution in [3.8, 4) is 0 Å². The molecule has 0 aliphatic carbocycles. The molecule has 1 aromatic carbocycles. The van der Waals surface area contributed by atoms with Crippen LogP contribution >= 0.6 is 0 Å². The second kappa shape index (κ2) is 5.55. The first kappa shape index (κ1) is 14.7. The van der Waals surface area contributed by atoms with E-state index in [9.17, 15) is 18.0 Å². The minimum atomic E-state index is -4.42. The van der Waals surface area contributed by atoms with Crippen LogP contribution in [0.2, 0.25) is 0 Å². The number of nitrogens with zero attached hydrogens (tertiary/aromatic N) is 1. The van der Waals surface area contributed by atoms with Crippen LogP contribution in [0.15, 0.2) is 41.0 Å². The van der Waals surface area contributed by atoms with Crippen LogP contribution in [0.3, 0.4) is 0 Å². The summed E-state index contributed by atoms with van der Waals surface area (Å²) >= 11 is 0. The van der Waals surface area contributed by atoms with Gasteiger partial charge in [0, 0.05) is 6.20 Å². The van der Waals surface area contributed by atoms with E-state index in [2.05, 4.69) is 4.99 Å². The van der Waals surface area contributed by atoms with Crippen molar-refractivity contribution < 1.29 is 23.1 Å². The molecule has 102 valence electrons. The molecule has 0 aliphatic heterocycles. The van der Waals surface area contributed by atoms with E-state index in [0.717, 1.165) is 30.5 Å². The fourth-order valence-corrected chi connectivity index (χ4v) is 1.33. The van der Waals surface area contributed by atoms with Gasteiger partial charge in [-0.15, -0.1) is 0 Å². The van der Waals surface area contributed by atoms with Crippen molar-refractivity contribution in [2.75, 3.05) is 0 Å². The minimum absolute atomic E-state index is 0.106. The average Bonchev–Trinajstić information content (AvgIpc) is 2.28. The number of carboxylic acids is 1. The van der Waals surface area contributed by atoms with Crippen molar-refractivity contribution in [1.82, 2.24) is 0 Å². The first-order chi connectivity index (χ1) is 8.75. The van der Waals surface area contributed by atoms with Gasteiger partial charge in [0.1, 0.15) is 0 Å². The Morgan fingerprint density at radius 3 is 2.21 bits per heavy atom. The van der Waals surface area contributed by atoms with E-state index >= 15 is 0 Å². The van der Waals surface area contributed by atoms with Gasteiger partial charge in [-0.05, 0) is 31.2 Å². The number of carboxylic acid groups (broad SMARTS) is 1. The van der Waals surface area contributed by atoms with Crippen LogP contribution in [0.5, 0.6) is 0 Å². The highest BCUT2D eigenvalue weighted by atomic mass is 19.4. The van der Waals surface area contributed by atoms with E-state index < -0.39 is 17.7 Å². The molecule has 1 rings (SSSR count). The van der Waals surface area contributed by atoms with Gasteiger partial charge >= 0.3 is 12.1 Å². The second-order valence-electron chi connectivity index (χ2n) is 3.63. The fraction of sp³-hybridized carbons (Fsp3) is 0.167. The van der Waals surface area contributed by atoms with Crippen LogP contribution in [0.4, 0.5) is 18.9 Å². The number of benzene rings is 1. The summed E-state index contributed by atoms with van der Waals surface area (Å²) in [7, 11) is 0. The number of carbonyl (C=O) groups is 1. The first-order valence-electron chi connectivity index (χ1n) is 5.14. The van der Waals surface area contributed by atoms with Gasteiger partial charge in [-0.3, -0.25) is 4.99 Å². The summed E-state index contributed by atoms with van der Waals surface area (Å²) in [5.41, 5.74) is 4.45. The maximum absolute atomic E-state index is 12.3. The highest BCUT2D eigenvalue weighted by molar-refractivity contribution is 6.18. The Morgan fingerprint density at radius 1 is 1.32 bits per heavy atom. The molecule has 0 saturated carbocycles. The maximum atomic E-state index is 12.3. The Kier molecular flexibility index (Phi) is 4.31. The van der Waals surface area contributed by atoms with Crippen LogP contribution in [-0.2, 0) is 11.0 Å². The van der Waals surface area contributed by atoms with Crippen LogP contribution in [-0.4, -0.2) is 16.8 Å². The van der Waals surface area contributed by atoms with Crippen molar-refractivity contribution in [3.05, 3.63) is 41.6 Å². The Morgan fingerprint density at radius 2 is 1.84 bits per heavy atom. The molecule has 3 N–H and O–H groups in total. The zero-order chi connectivity index (χ0) is 14.6. The summed E-state index contributed by atoms with van der Waals surface area (Å²) in [6, 6.07) is 4.06. The molecule has 0 radical (unpaired) electrons. The van der Waals surface area contributed by atoms with Crippen molar-refractivity contribution in [1.29, 1.82) is 0 Å². The predicted octanol–water partition coefficient (Wildman–Crippen LogP) is 2.73. The Balaban J connectivity index is 3.03. The molecule has 4 nitrogen and oxygen atoms in total. The summed E-state index contributed by atoms with van der Waals surface area (Å²) in [5, 5.41) is 8.79. The smallest absolute Gasteiger partial charge is 0.416 e. The van der Waals surface area contributed by atoms with Crippen LogP contribution in [0.1, 0.15) is 12.5 Å². The second-order valence-corrected chi connectivity index (χ2v) is 3.63. The molecule has 0 aliphatic rings. The molecule has 0 aromatic heterocycles. The molecule has 0 spiro atoms. The molecular weight excluding hydrogens is 261 g/mol. The average molecular weight is 272 g/mol. The number of aliphatic imine (C=N–C) groups is 1. The van der Waals surface area contributed by atoms with Crippen molar-refractivity contribution in [3.63, 3.8) is 0 Å². The van der Waals surface area contributed by atoms with Gasteiger partial charge in [0.15, 0.2) is 0 Å². The molecule has 19 heavy (non-hydrogen) atoms. The Bertz CT molecular complexity index is 531. The largest absolute Gasteiger partial charge is 0.478 e. The SMILES string of the molecule is CC(=Nc1ccc(C(F)(F)F)cc1)C(=CN)C(=O)O. The maximum Gasteiger partial charge on any atom is 0.416 e. The third-order valence-corrected chi connectivity index (χ3v) is 2.28. The summed E-state index contributed by atoms with van der Waals surface area (Å²) in [6.07, 6.45) is -3.54. The van der Waals surface area contributed by atoms with Gasteiger partial charge in [-0.1, -0.05) is 0 Å². The molecule has 7 heteroatoms. The summed E-state index contributed by atoms with van der Waals surface area (Å²) < 4.78 is 37.0. The molecule has 0 saturated heterocycles. The predicted molar refractivity (Wildman–Crippen MR) is 64.1 cm³/mol. The molecular formula is C12H11F3N2O2. The summed E-state index contributed by atoms with van der Waals surface area (Å²) in [4.78, 5) is 14.7. The van der Waals surface area contributed by atoms with E-state index in [4.69, 9.17) is 10.8 Å². The normalized spacial score (nSPS) is 13.5. The van der Waals surface area contributed by atoms with Crippen LogP contribution in [0, 0.1) is 0 Å². The number of alkyl halides is 3. The quantitative estimate of drug-likeness (QED) is 0.656. The molecule has 0 amide bonds. The van der Waals surface area contributed by atoms with Gasteiger partial charge in [-0.2, -0.15) is 13.2 Å². The summed E-state index contributed by atoms with van der Waals surface area (Å²) in [6.45, 7) is 1.41. The van der Waals surface area contributed by atoms with E-state index in [-0.39, 0.29) is 17.0 Å².